The standard InChI is InChI=1S/C22H26N2O3.C21H24N2O2.C20H21ClN2O3.C20H22N2O3.C18H18ClN3O2.C16H22N2O2/c1-4-8-20(25)24-19(15-16-11-13-18(27-3)14-12-16)22(26)23(2)21(24)17-9-6-5-7-10-17;1-16(24)23-19(15-18-11-7-4-8-12-18)21(25)22(2)20(23)14-13-17-9-5-3-6-10-17;1-13(24)23-18(12-14-4-10-17(26-3)11-5-14)20(25)22(2)19(23)15-6-8-16(21)9-7-15;1-14(23)22-18(13-15-9-11-17(25-3)12-10-15)20(24)21(2)19(22)16-7-5-4-6-8-16;1-12(23)22-16(10-13-4-3-9-20-11-13)18(24)21(2)17(22)14-5-7-15(19)8-6-14;1-11(2)10-14-16(20)17(4)15(18(14)12(3)19)13-8-6-5-7-9-13/h5-7,9-14,19,21H,4,8,15H2,1-3H3;3-12,19-20H,13-15H2,1-2H3;4-11,18-19H,12H2,1-3H3;4-12,18-19H,13H2,1-3H3;3-9,11,16-17H,10H2,1-2H3;5-9,11,14-15H,10H2,1-4H3/t19-,21?;19-,20?;2*18-,19?;16-,17?;14-,15?/m111111/s1. The van der Waals surface area contributed by atoms with Crippen LogP contribution in [0, 0.1) is 5.92 Å². The van der Waals surface area contributed by atoms with Gasteiger partial charge in [-0.15, -0.1) is 0 Å². The van der Waals surface area contributed by atoms with E-state index in [1.54, 1.807) is 166 Å². The normalized spacial score (nSPS) is 20.4. The number of amides is 12. The number of likely N-dealkylation sites (N-methyl/N-ethyl adjacent to an activating group) is 6. The fourth-order valence-electron chi connectivity index (χ4n) is 20.2. The molecule has 0 aliphatic carbocycles. The van der Waals surface area contributed by atoms with Gasteiger partial charge in [-0.2, -0.15) is 0 Å². The molecule has 1 aromatic heterocycles. The first-order chi connectivity index (χ1) is 70.5. The van der Waals surface area contributed by atoms with Crippen LogP contribution in [-0.4, -0.2) is 241 Å². The van der Waals surface area contributed by atoms with Crippen molar-refractivity contribution in [2.24, 2.45) is 5.92 Å². The molecule has 147 heavy (non-hydrogen) atoms. The minimum Gasteiger partial charge on any atom is -0.497 e. The lowest BCUT2D eigenvalue weighted by molar-refractivity contribution is -0.136. The molecule has 12 atom stereocenters. The lowest BCUT2D eigenvalue weighted by atomic mass is 10.0. The summed E-state index contributed by atoms with van der Waals surface area (Å²) in [5.41, 5.74) is 10.8. The van der Waals surface area contributed by atoms with Crippen molar-refractivity contribution in [1.29, 1.82) is 0 Å². The van der Waals surface area contributed by atoms with Gasteiger partial charge in [0.25, 0.3) is 0 Å². The smallest absolute Gasteiger partial charge is 0.247 e. The Labute approximate surface area is 872 Å². The van der Waals surface area contributed by atoms with Crippen LogP contribution in [0.2, 0.25) is 10.0 Å². The van der Waals surface area contributed by atoms with Crippen LogP contribution in [0.25, 0.3) is 0 Å². The second-order valence-electron chi connectivity index (χ2n) is 37.7. The Kier molecular flexibility index (Phi) is 38.9. The lowest BCUT2D eigenvalue weighted by Gasteiger charge is -2.30. The molecule has 12 amide bonds. The van der Waals surface area contributed by atoms with Gasteiger partial charge < -0.3 is 73.0 Å². The molecule has 6 aliphatic heterocycles. The fraction of sp³-hybridized carbons (Fsp3) is 0.342. The highest BCUT2D eigenvalue weighted by molar-refractivity contribution is 6.31. The van der Waals surface area contributed by atoms with E-state index in [4.69, 9.17) is 37.4 Å². The highest BCUT2D eigenvalue weighted by Gasteiger charge is 2.53. The van der Waals surface area contributed by atoms with E-state index in [0.717, 1.165) is 92.1 Å². The molecule has 6 saturated heterocycles. The monoisotopic (exact) mass is 2030 g/mol. The number of hydrogen-bond acceptors (Lipinski definition) is 16. The van der Waals surface area contributed by atoms with Crippen LogP contribution in [0.5, 0.6) is 17.2 Å². The molecule has 6 unspecified atom stereocenters. The third-order valence-electron chi connectivity index (χ3n) is 27.3. The third-order valence-corrected chi connectivity index (χ3v) is 27.9. The molecular formula is C117H133Cl2N13O15. The molecule has 0 spiro atoms. The molecule has 770 valence electrons. The minimum atomic E-state index is -0.536. The SMILES string of the molecule is CC(=O)N1C(CCc2ccccc2)N(C)C(=O)[C@H]1Cc1ccccc1.CC(=O)N1C(c2ccc(Cl)cc2)N(C)C(=O)[C@H]1Cc1cccnc1.CC(=O)N1C(c2ccccc2)N(C)C(=O)[C@H]1CC(C)C.CCCC(=O)N1C(c2ccccc2)N(C)C(=O)[C@H]1Cc1ccc(OC)cc1.COc1ccc(C[C@@H]2C(=O)N(C)C(c3ccc(Cl)cc3)N2C(C)=O)cc1.COc1ccc(C[C@@H]2C(=O)N(C)C(c3ccccc3)N2C(C)=O)cc1. The molecule has 11 aromatic rings. The van der Waals surface area contributed by atoms with Crippen LogP contribution in [-0.2, 0) is 96.1 Å². The Morgan fingerprint density at radius 3 is 0.864 bits per heavy atom. The maximum atomic E-state index is 13.0. The summed E-state index contributed by atoms with van der Waals surface area (Å²) in [7, 11) is 15.4. The summed E-state index contributed by atoms with van der Waals surface area (Å²) >= 11 is 11.9. The summed E-state index contributed by atoms with van der Waals surface area (Å²) in [6, 6.07) is 87.4. The molecule has 6 aliphatic rings. The Morgan fingerprint density at radius 1 is 0.306 bits per heavy atom. The topological polar surface area (TPSA) is 284 Å². The van der Waals surface area contributed by atoms with Crippen molar-refractivity contribution >= 4 is 94.1 Å². The van der Waals surface area contributed by atoms with Crippen molar-refractivity contribution in [2.75, 3.05) is 63.6 Å². The van der Waals surface area contributed by atoms with Gasteiger partial charge in [0, 0.05) is 138 Å². The lowest BCUT2D eigenvalue weighted by Crippen LogP contribution is -2.43. The number of carbonyl (C=O) groups is 12. The van der Waals surface area contributed by atoms with Gasteiger partial charge >= 0.3 is 0 Å². The number of carbonyl (C=O) groups excluding carboxylic acids is 12. The third kappa shape index (κ3) is 26.8. The maximum absolute atomic E-state index is 13.0. The van der Waals surface area contributed by atoms with Gasteiger partial charge in [0.05, 0.1) is 21.3 Å². The molecule has 17 rings (SSSR count). The average Bonchev–Trinajstić information content (AvgIpc) is 1.64. The zero-order chi connectivity index (χ0) is 106. The zero-order valence-electron chi connectivity index (χ0n) is 86.6. The van der Waals surface area contributed by atoms with Crippen LogP contribution in [0.1, 0.15) is 173 Å². The van der Waals surface area contributed by atoms with Crippen LogP contribution >= 0.6 is 23.2 Å². The zero-order valence-corrected chi connectivity index (χ0v) is 88.1. The molecule has 30 heteroatoms. The molecule has 0 bridgehead atoms. The van der Waals surface area contributed by atoms with Gasteiger partial charge in [0.15, 0.2) is 0 Å². The van der Waals surface area contributed by atoms with E-state index in [1.165, 1.54) is 33.3 Å². The predicted molar refractivity (Wildman–Crippen MR) is 566 cm³/mol. The summed E-state index contributed by atoms with van der Waals surface area (Å²) in [6.45, 7) is 13.7. The second kappa shape index (κ2) is 51.6. The van der Waals surface area contributed by atoms with E-state index in [9.17, 15) is 57.5 Å². The van der Waals surface area contributed by atoms with Crippen molar-refractivity contribution < 1.29 is 71.7 Å². The molecule has 6 fully saturated rings. The molecule has 28 nitrogen and oxygen atoms in total. The summed E-state index contributed by atoms with van der Waals surface area (Å²) < 4.78 is 15.5. The van der Waals surface area contributed by atoms with Crippen LogP contribution < -0.4 is 14.2 Å². The first-order valence-electron chi connectivity index (χ1n) is 49.4. The number of nitrogens with zero attached hydrogens (tertiary/aromatic N) is 13. The van der Waals surface area contributed by atoms with Gasteiger partial charge in [-0.1, -0.05) is 262 Å². The molecule has 0 N–H and O–H groups in total. The van der Waals surface area contributed by atoms with E-state index in [-0.39, 0.29) is 102 Å². The highest BCUT2D eigenvalue weighted by atomic mass is 35.5. The second-order valence-corrected chi connectivity index (χ2v) is 38.6. The first kappa shape index (κ1) is 111. The molecule has 7 heterocycles. The number of rotatable bonds is 25. The Hall–Kier alpha value is -15.0. The Morgan fingerprint density at radius 2 is 0.565 bits per heavy atom. The summed E-state index contributed by atoms with van der Waals surface area (Å²) in [5, 5.41) is 1.23. The van der Waals surface area contributed by atoms with E-state index in [0.29, 0.717) is 60.9 Å². The number of benzene rings is 10. The van der Waals surface area contributed by atoms with Crippen LogP contribution in [0.3, 0.4) is 0 Å². The van der Waals surface area contributed by atoms with Crippen LogP contribution in [0.4, 0.5) is 0 Å². The fourth-order valence-corrected chi connectivity index (χ4v) is 20.4. The predicted octanol–water partition coefficient (Wildman–Crippen LogP) is 17.3. The van der Waals surface area contributed by atoms with Gasteiger partial charge in [-0.05, 0) is 160 Å². The van der Waals surface area contributed by atoms with Gasteiger partial charge in [-0.3, -0.25) is 62.5 Å². The van der Waals surface area contributed by atoms with Crippen LogP contribution in [0.15, 0.2) is 298 Å². The average molecular weight is 2030 g/mol. The summed E-state index contributed by atoms with van der Waals surface area (Å²) in [6.07, 6.45) is 7.27. The van der Waals surface area contributed by atoms with E-state index >= 15 is 0 Å². The van der Waals surface area contributed by atoms with E-state index in [2.05, 4.69) is 31.0 Å². The number of methoxy groups -OCH3 is 3. The van der Waals surface area contributed by atoms with Crippen molar-refractivity contribution in [3.8, 4) is 17.2 Å². The number of aromatic nitrogens is 1. The molecule has 0 saturated carbocycles. The molecule has 0 radical (unpaired) electrons. The van der Waals surface area contributed by atoms with Crippen molar-refractivity contribution in [3.63, 3.8) is 0 Å². The summed E-state index contributed by atoms with van der Waals surface area (Å²) in [4.78, 5) is 175. The van der Waals surface area contributed by atoms with E-state index in [1.807, 2.05) is 256 Å². The van der Waals surface area contributed by atoms with Crippen molar-refractivity contribution in [1.82, 2.24) is 63.8 Å². The van der Waals surface area contributed by atoms with Gasteiger partial charge in [-0.25, -0.2) is 0 Å². The Bertz CT molecular complexity index is 6300. The van der Waals surface area contributed by atoms with Crippen molar-refractivity contribution in [3.05, 3.63) is 369 Å². The number of ether oxygens (including phenoxy) is 3. The van der Waals surface area contributed by atoms with Crippen molar-refractivity contribution in [2.45, 2.75) is 193 Å². The first-order valence-corrected chi connectivity index (χ1v) is 50.1. The highest BCUT2D eigenvalue weighted by Crippen LogP contribution is 2.43. The quantitative estimate of drug-likeness (QED) is 0.0514. The number of pyridine rings is 1. The molecular weight excluding hydrogens is 1900 g/mol. The van der Waals surface area contributed by atoms with E-state index < -0.39 is 42.5 Å². The largest absolute Gasteiger partial charge is 0.497 e. The van der Waals surface area contributed by atoms with Gasteiger partial charge in [0.2, 0.25) is 70.9 Å². The minimum absolute atomic E-state index is 0.0163. The molecule has 10 aromatic carbocycles. The Balaban J connectivity index is 0.000000157. The maximum Gasteiger partial charge on any atom is 0.247 e. The number of hydrogen-bond donors (Lipinski definition) is 0. The van der Waals surface area contributed by atoms with Gasteiger partial charge in [0.1, 0.15) is 90.5 Å². The summed E-state index contributed by atoms with van der Waals surface area (Å²) in [5.74, 6) is 2.04. The number of halogens is 2. The number of aryl methyl sites for hydroxylation is 1.